The Hall–Kier alpha value is -2.08. The number of amides is 1. The van der Waals surface area contributed by atoms with Crippen LogP contribution >= 0.6 is 11.6 Å². The zero-order valence-electron chi connectivity index (χ0n) is 15.5. The van der Waals surface area contributed by atoms with E-state index in [0.717, 1.165) is 24.4 Å². The molecule has 1 amide bonds. The number of rotatable bonds is 6. The van der Waals surface area contributed by atoms with Crippen molar-refractivity contribution in [2.24, 2.45) is 0 Å². The quantitative estimate of drug-likeness (QED) is 0.826. The van der Waals surface area contributed by atoms with Crippen molar-refractivity contribution in [3.05, 3.63) is 64.7 Å². The average Bonchev–Trinajstić information content (AvgIpc) is 2.67. The van der Waals surface area contributed by atoms with Crippen LogP contribution in [0.25, 0.3) is 0 Å². The van der Waals surface area contributed by atoms with Gasteiger partial charge < -0.3 is 14.7 Å². The fourth-order valence-corrected chi connectivity index (χ4v) is 3.38. The van der Waals surface area contributed by atoms with Gasteiger partial charge in [0.05, 0.1) is 0 Å². The second-order valence-electron chi connectivity index (χ2n) is 6.83. The Bertz CT molecular complexity index is 776. The van der Waals surface area contributed by atoms with E-state index in [-0.39, 0.29) is 12.5 Å². The van der Waals surface area contributed by atoms with Gasteiger partial charge in [0.25, 0.3) is 5.91 Å². The highest BCUT2D eigenvalue weighted by atomic mass is 35.5. The highest BCUT2D eigenvalue weighted by Gasteiger charge is 2.23. The second-order valence-corrected chi connectivity index (χ2v) is 7.27. The number of carbonyl (C=O) groups is 1. The van der Waals surface area contributed by atoms with E-state index in [1.165, 1.54) is 0 Å². The van der Waals surface area contributed by atoms with Crippen LogP contribution in [0.2, 0.25) is 5.02 Å². The van der Waals surface area contributed by atoms with Gasteiger partial charge in [-0.2, -0.15) is 0 Å². The van der Waals surface area contributed by atoms with Gasteiger partial charge >= 0.3 is 0 Å². The fourth-order valence-electron chi connectivity index (χ4n) is 3.19. The van der Waals surface area contributed by atoms with Gasteiger partial charge in [-0.3, -0.25) is 9.69 Å². The Morgan fingerprint density at radius 2 is 1.89 bits per heavy atom. The largest absolute Gasteiger partial charge is 0.491 e. The topological polar surface area (TPSA) is 53.0 Å². The van der Waals surface area contributed by atoms with Crippen LogP contribution in [0, 0.1) is 6.92 Å². The fraction of sp³-hybridized carbons (Fsp3) is 0.381. The highest BCUT2D eigenvalue weighted by molar-refractivity contribution is 6.30. The van der Waals surface area contributed by atoms with Crippen molar-refractivity contribution >= 4 is 17.5 Å². The summed E-state index contributed by atoms with van der Waals surface area (Å²) >= 11 is 5.97. The lowest BCUT2D eigenvalue weighted by Crippen LogP contribution is -2.51. The second kappa shape index (κ2) is 9.22. The summed E-state index contributed by atoms with van der Waals surface area (Å²) in [6.07, 6.45) is -0.570. The number of ether oxygens (including phenoxy) is 1. The summed E-state index contributed by atoms with van der Waals surface area (Å²) in [6.45, 7) is 5.50. The predicted octanol–water partition coefficient (Wildman–Crippen LogP) is 2.85. The van der Waals surface area contributed by atoms with Crippen LogP contribution in [0.4, 0.5) is 0 Å². The van der Waals surface area contributed by atoms with Crippen LogP contribution < -0.4 is 4.74 Å². The molecule has 144 valence electrons. The molecule has 6 heteroatoms. The molecule has 0 aromatic heterocycles. The van der Waals surface area contributed by atoms with E-state index >= 15 is 0 Å². The van der Waals surface area contributed by atoms with E-state index in [1.54, 1.807) is 24.3 Å². The summed E-state index contributed by atoms with van der Waals surface area (Å²) in [5, 5.41) is 10.8. The lowest BCUT2D eigenvalue weighted by atomic mass is 10.1. The van der Waals surface area contributed by atoms with E-state index in [4.69, 9.17) is 16.3 Å². The smallest absolute Gasteiger partial charge is 0.253 e. The Kier molecular flexibility index (Phi) is 6.72. The van der Waals surface area contributed by atoms with Crippen molar-refractivity contribution in [3.8, 4) is 5.75 Å². The molecule has 1 atom stereocenters. The van der Waals surface area contributed by atoms with Gasteiger partial charge in [-0.15, -0.1) is 0 Å². The number of aliphatic hydroxyl groups excluding tert-OH is 1. The maximum absolute atomic E-state index is 12.6. The first kappa shape index (κ1) is 19.7. The molecule has 0 bridgehead atoms. The lowest BCUT2D eigenvalue weighted by molar-refractivity contribution is 0.0403. The third kappa shape index (κ3) is 5.45. The zero-order valence-corrected chi connectivity index (χ0v) is 16.2. The molecule has 0 spiro atoms. The molecule has 1 heterocycles. The summed E-state index contributed by atoms with van der Waals surface area (Å²) < 4.78 is 5.71. The minimum Gasteiger partial charge on any atom is -0.491 e. The van der Waals surface area contributed by atoms with E-state index in [2.05, 4.69) is 4.90 Å². The average molecular weight is 389 g/mol. The summed E-state index contributed by atoms with van der Waals surface area (Å²) in [5.74, 6) is 0.800. The summed E-state index contributed by atoms with van der Waals surface area (Å²) in [4.78, 5) is 16.5. The number of para-hydroxylation sites is 1. The predicted molar refractivity (Wildman–Crippen MR) is 106 cm³/mol. The number of halogens is 1. The molecule has 0 radical (unpaired) electrons. The summed E-state index contributed by atoms with van der Waals surface area (Å²) in [5.41, 5.74) is 1.67. The maximum atomic E-state index is 12.6. The van der Waals surface area contributed by atoms with Crippen molar-refractivity contribution in [2.75, 3.05) is 39.3 Å². The molecular formula is C21H25ClN2O3. The first-order valence-corrected chi connectivity index (χ1v) is 9.54. The van der Waals surface area contributed by atoms with Gasteiger partial charge in [0, 0.05) is 43.3 Å². The number of nitrogens with zero attached hydrogens (tertiary/aromatic N) is 2. The molecule has 5 nitrogen and oxygen atoms in total. The monoisotopic (exact) mass is 388 g/mol. The van der Waals surface area contributed by atoms with Gasteiger partial charge in [0.1, 0.15) is 18.5 Å². The number of β-amino-alcohol motifs (C(OH)–C–C–N with tert-alkyl or cyclic N) is 1. The molecular weight excluding hydrogens is 364 g/mol. The molecule has 0 aliphatic carbocycles. The molecule has 1 N–H and O–H groups in total. The van der Waals surface area contributed by atoms with Crippen molar-refractivity contribution in [1.29, 1.82) is 0 Å². The number of hydrogen-bond donors (Lipinski definition) is 1. The van der Waals surface area contributed by atoms with Crippen LogP contribution in [0.1, 0.15) is 15.9 Å². The first-order valence-electron chi connectivity index (χ1n) is 9.16. The van der Waals surface area contributed by atoms with Gasteiger partial charge in [-0.25, -0.2) is 0 Å². The number of piperazine rings is 1. The van der Waals surface area contributed by atoms with Crippen LogP contribution in [0.3, 0.4) is 0 Å². The maximum Gasteiger partial charge on any atom is 0.253 e. The Labute approximate surface area is 165 Å². The molecule has 0 saturated carbocycles. The molecule has 1 aliphatic rings. The molecule has 1 fully saturated rings. The molecule has 2 aromatic carbocycles. The zero-order chi connectivity index (χ0) is 19.2. The Balaban J connectivity index is 1.44. The van der Waals surface area contributed by atoms with Gasteiger partial charge in [0.15, 0.2) is 0 Å². The van der Waals surface area contributed by atoms with Gasteiger partial charge in [0.2, 0.25) is 0 Å². The van der Waals surface area contributed by atoms with E-state index in [1.807, 2.05) is 36.1 Å². The van der Waals surface area contributed by atoms with E-state index in [0.29, 0.717) is 30.2 Å². The molecule has 2 aromatic rings. The molecule has 1 unspecified atom stereocenters. The molecule has 1 aliphatic heterocycles. The molecule has 27 heavy (non-hydrogen) atoms. The minimum absolute atomic E-state index is 0.000541. The summed E-state index contributed by atoms with van der Waals surface area (Å²) in [6, 6.07) is 14.8. The highest BCUT2D eigenvalue weighted by Crippen LogP contribution is 2.17. The number of carbonyl (C=O) groups excluding carboxylic acids is 1. The summed E-state index contributed by atoms with van der Waals surface area (Å²) in [7, 11) is 0. The van der Waals surface area contributed by atoms with Crippen molar-refractivity contribution in [2.45, 2.75) is 13.0 Å². The van der Waals surface area contributed by atoms with Crippen LogP contribution in [0.5, 0.6) is 5.75 Å². The van der Waals surface area contributed by atoms with Crippen LogP contribution in [-0.4, -0.2) is 66.2 Å². The number of aryl methyl sites for hydroxylation is 1. The lowest BCUT2D eigenvalue weighted by Gasteiger charge is -2.35. The van der Waals surface area contributed by atoms with Gasteiger partial charge in [-0.1, -0.05) is 35.9 Å². The molecule has 1 saturated heterocycles. The van der Waals surface area contributed by atoms with Crippen molar-refractivity contribution in [1.82, 2.24) is 9.80 Å². The number of hydrogen-bond acceptors (Lipinski definition) is 4. The Morgan fingerprint density at radius 1 is 1.15 bits per heavy atom. The third-order valence-corrected chi connectivity index (χ3v) is 4.96. The van der Waals surface area contributed by atoms with Crippen LogP contribution in [-0.2, 0) is 0 Å². The Morgan fingerprint density at radius 3 is 2.59 bits per heavy atom. The number of aliphatic hydroxyl groups is 1. The third-order valence-electron chi connectivity index (χ3n) is 4.72. The van der Waals surface area contributed by atoms with Crippen molar-refractivity contribution < 1.29 is 14.6 Å². The standard InChI is InChI=1S/C21H25ClN2O3/c1-16-5-2-3-8-20(16)27-15-19(25)14-23-9-11-24(12-10-23)21(26)17-6-4-7-18(22)13-17/h2-8,13,19,25H,9-12,14-15H2,1H3. The van der Waals surface area contributed by atoms with Crippen molar-refractivity contribution in [3.63, 3.8) is 0 Å². The molecule has 3 rings (SSSR count). The van der Waals surface area contributed by atoms with Crippen LogP contribution in [0.15, 0.2) is 48.5 Å². The SMILES string of the molecule is Cc1ccccc1OCC(O)CN1CCN(C(=O)c2cccc(Cl)c2)CC1. The van der Waals surface area contributed by atoms with Gasteiger partial charge in [-0.05, 0) is 36.8 Å². The normalized spacial score (nSPS) is 16.2. The first-order chi connectivity index (χ1) is 13.0. The van der Waals surface area contributed by atoms with E-state index < -0.39 is 6.10 Å². The van der Waals surface area contributed by atoms with E-state index in [9.17, 15) is 9.90 Å². The number of benzene rings is 2. The minimum atomic E-state index is -0.570.